The van der Waals surface area contributed by atoms with E-state index in [0.29, 0.717) is 25.9 Å². The third kappa shape index (κ3) is 44.2. The van der Waals surface area contributed by atoms with E-state index in [4.69, 9.17) is 4.74 Å². The minimum atomic E-state index is -0.671. The summed E-state index contributed by atoms with van der Waals surface area (Å²) in [6.07, 6.45) is 54.6. The highest BCUT2D eigenvalue weighted by atomic mass is 16.5. The molecule has 3 N–H and O–H groups in total. The molecule has 0 aromatic carbocycles. The van der Waals surface area contributed by atoms with Gasteiger partial charge in [0.05, 0.1) is 25.4 Å². The Morgan fingerprint density at radius 3 is 1.22 bits per heavy atom. The van der Waals surface area contributed by atoms with Crippen molar-refractivity contribution in [3.8, 4) is 0 Å². The SMILES string of the molecule is CCCCCCC/C=C\CCCCCCCC(=O)OCCCCCCCCCCCCCCCC(=O)NC(CO)C(O)CCCCCCCCCCCCCCCC. The van der Waals surface area contributed by atoms with Crippen LogP contribution >= 0.6 is 0 Å². The van der Waals surface area contributed by atoms with Crippen LogP contribution in [0, 0.1) is 0 Å². The van der Waals surface area contributed by atoms with Gasteiger partial charge in [-0.25, -0.2) is 0 Å². The number of allylic oxidation sites excluding steroid dienone is 2. The van der Waals surface area contributed by atoms with E-state index in [9.17, 15) is 19.8 Å². The lowest BCUT2D eigenvalue weighted by molar-refractivity contribution is -0.143. The van der Waals surface area contributed by atoms with E-state index in [1.54, 1.807) is 0 Å². The summed E-state index contributed by atoms with van der Waals surface area (Å²) in [4.78, 5) is 24.5. The number of aliphatic hydroxyl groups is 2. The second-order valence-electron chi connectivity index (χ2n) is 17.9. The van der Waals surface area contributed by atoms with Crippen LogP contribution in [-0.2, 0) is 14.3 Å². The van der Waals surface area contributed by atoms with E-state index < -0.39 is 12.1 Å². The fourth-order valence-electron chi connectivity index (χ4n) is 8.05. The first-order chi connectivity index (χ1) is 28.5. The zero-order valence-electron chi connectivity index (χ0n) is 39.0. The summed E-state index contributed by atoms with van der Waals surface area (Å²) in [5.74, 6) is -0.0610. The van der Waals surface area contributed by atoms with Crippen molar-refractivity contribution in [2.45, 2.75) is 296 Å². The van der Waals surface area contributed by atoms with Gasteiger partial charge < -0.3 is 20.3 Å². The molecule has 0 saturated heterocycles. The number of hydrogen-bond donors (Lipinski definition) is 3. The molecule has 0 saturated carbocycles. The first kappa shape index (κ1) is 56.6. The number of unbranched alkanes of at least 4 members (excludes halogenated alkanes) is 35. The minimum absolute atomic E-state index is 0.0137. The Balaban J connectivity index is 3.45. The summed E-state index contributed by atoms with van der Waals surface area (Å²) < 4.78 is 5.46. The normalized spacial score (nSPS) is 12.7. The average molecular weight is 820 g/mol. The lowest BCUT2D eigenvalue weighted by Crippen LogP contribution is -2.45. The van der Waals surface area contributed by atoms with Crippen LogP contribution in [0.3, 0.4) is 0 Å². The van der Waals surface area contributed by atoms with Crippen LogP contribution in [0.4, 0.5) is 0 Å². The topological polar surface area (TPSA) is 95.9 Å². The van der Waals surface area contributed by atoms with Gasteiger partial charge in [-0.15, -0.1) is 0 Å². The molecule has 2 unspecified atom stereocenters. The molecule has 0 aromatic heterocycles. The van der Waals surface area contributed by atoms with E-state index in [0.717, 1.165) is 51.4 Å². The van der Waals surface area contributed by atoms with Crippen LogP contribution in [-0.4, -0.2) is 47.4 Å². The summed E-state index contributed by atoms with van der Waals surface area (Å²) in [6.45, 7) is 4.92. The predicted octanol–water partition coefficient (Wildman–Crippen LogP) is 15.3. The monoisotopic (exact) mass is 820 g/mol. The standard InChI is InChI=1S/C52H101NO5/c1-3-5-7-9-11-13-15-17-20-24-28-32-36-40-44-50(55)49(48-54)53-51(56)45-41-37-33-29-25-21-19-23-27-31-35-39-43-47-58-52(57)46-42-38-34-30-26-22-18-16-14-12-10-8-6-4-2/h16,18,49-50,54-55H,3-15,17,19-48H2,1-2H3,(H,53,56)/b18-16-. The molecular formula is C52H101NO5. The number of esters is 1. The maximum Gasteiger partial charge on any atom is 0.305 e. The molecule has 6 nitrogen and oxygen atoms in total. The molecular weight excluding hydrogens is 719 g/mol. The first-order valence-corrected chi connectivity index (χ1v) is 25.9. The van der Waals surface area contributed by atoms with Crippen molar-refractivity contribution in [3.05, 3.63) is 12.2 Å². The Labute approximate surface area is 361 Å². The minimum Gasteiger partial charge on any atom is -0.466 e. The molecule has 344 valence electrons. The van der Waals surface area contributed by atoms with E-state index >= 15 is 0 Å². The van der Waals surface area contributed by atoms with Gasteiger partial charge in [0.15, 0.2) is 0 Å². The van der Waals surface area contributed by atoms with Crippen LogP contribution in [0.5, 0.6) is 0 Å². The van der Waals surface area contributed by atoms with Crippen LogP contribution in [0.25, 0.3) is 0 Å². The molecule has 2 atom stereocenters. The fourth-order valence-corrected chi connectivity index (χ4v) is 8.05. The van der Waals surface area contributed by atoms with Gasteiger partial charge in [-0.3, -0.25) is 9.59 Å². The number of ether oxygens (including phenoxy) is 1. The number of nitrogens with one attached hydrogen (secondary N) is 1. The number of carbonyl (C=O) groups is 2. The number of aliphatic hydroxyl groups excluding tert-OH is 2. The molecule has 0 aliphatic carbocycles. The van der Waals surface area contributed by atoms with Gasteiger partial charge in [0, 0.05) is 12.8 Å². The smallest absolute Gasteiger partial charge is 0.305 e. The van der Waals surface area contributed by atoms with Gasteiger partial charge in [-0.1, -0.05) is 231 Å². The third-order valence-electron chi connectivity index (χ3n) is 12.1. The molecule has 0 rings (SSSR count). The quantitative estimate of drug-likeness (QED) is 0.0323. The Morgan fingerprint density at radius 2 is 0.810 bits per heavy atom. The Kier molecular flexibility index (Phi) is 47.1. The maximum atomic E-state index is 12.4. The van der Waals surface area contributed by atoms with Crippen LogP contribution in [0.2, 0.25) is 0 Å². The van der Waals surface area contributed by atoms with Crippen LogP contribution in [0.15, 0.2) is 12.2 Å². The fraction of sp³-hybridized carbons (Fsp3) is 0.923. The van der Waals surface area contributed by atoms with Gasteiger partial charge in [0.2, 0.25) is 5.91 Å². The van der Waals surface area contributed by atoms with Crippen molar-refractivity contribution in [2.24, 2.45) is 0 Å². The van der Waals surface area contributed by atoms with Gasteiger partial charge in [-0.05, 0) is 51.4 Å². The van der Waals surface area contributed by atoms with Crippen LogP contribution in [0.1, 0.15) is 284 Å². The van der Waals surface area contributed by atoms with Crippen molar-refractivity contribution in [2.75, 3.05) is 13.2 Å². The number of hydrogen-bond acceptors (Lipinski definition) is 5. The second-order valence-corrected chi connectivity index (χ2v) is 17.9. The average Bonchev–Trinajstić information content (AvgIpc) is 3.22. The Bertz CT molecular complexity index is 863. The second kappa shape index (κ2) is 48.3. The van der Waals surface area contributed by atoms with Crippen molar-refractivity contribution in [3.63, 3.8) is 0 Å². The van der Waals surface area contributed by atoms with Gasteiger partial charge in [-0.2, -0.15) is 0 Å². The van der Waals surface area contributed by atoms with Gasteiger partial charge in [0.25, 0.3) is 0 Å². The number of amides is 1. The predicted molar refractivity (Wildman–Crippen MR) is 250 cm³/mol. The molecule has 0 aliphatic heterocycles. The summed E-state index contributed by atoms with van der Waals surface area (Å²) in [6, 6.07) is -0.550. The Morgan fingerprint density at radius 1 is 0.466 bits per heavy atom. The highest BCUT2D eigenvalue weighted by Gasteiger charge is 2.20. The molecule has 0 heterocycles. The van der Waals surface area contributed by atoms with Crippen molar-refractivity contribution in [1.82, 2.24) is 5.32 Å². The summed E-state index contributed by atoms with van der Waals surface area (Å²) in [7, 11) is 0. The van der Waals surface area contributed by atoms with E-state index in [2.05, 4.69) is 31.3 Å². The summed E-state index contributed by atoms with van der Waals surface area (Å²) in [5.41, 5.74) is 0. The molecule has 0 aromatic rings. The van der Waals surface area contributed by atoms with Crippen molar-refractivity contribution in [1.29, 1.82) is 0 Å². The van der Waals surface area contributed by atoms with Crippen molar-refractivity contribution < 1.29 is 24.5 Å². The zero-order valence-corrected chi connectivity index (χ0v) is 39.0. The highest BCUT2D eigenvalue weighted by molar-refractivity contribution is 5.76. The zero-order chi connectivity index (χ0) is 42.3. The molecule has 0 spiro atoms. The Hall–Kier alpha value is -1.40. The van der Waals surface area contributed by atoms with Crippen LogP contribution < -0.4 is 5.32 Å². The molecule has 6 heteroatoms. The maximum absolute atomic E-state index is 12.4. The van der Waals surface area contributed by atoms with E-state index in [1.807, 2.05) is 0 Å². The van der Waals surface area contributed by atoms with E-state index in [-0.39, 0.29) is 18.5 Å². The highest BCUT2D eigenvalue weighted by Crippen LogP contribution is 2.16. The molecule has 0 radical (unpaired) electrons. The summed E-state index contributed by atoms with van der Waals surface area (Å²) >= 11 is 0. The number of carbonyl (C=O) groups excluding carboxylic acids is 2. The third-order valence-corrected chi connectivity index (χ3v) is 12.1. The van der Waals surface area contributed by atoms with Gasteiger partial charge in [0.1, 0.15) is 0 Å². The molecule has 0 bridgehead atoms. The molecule has 58 heavy (non-hydrogen) atoms. The summed E-state index contributed by atoms with van der Waals surface area (Å²) in [5, 5.41) is 23.2. The number of rotatable bonds is 48. The largest absolute Gasteiger partial charge is 0.466 e. The lowest BCUT2D eigenvalue weighted by atomic mass is 10.0. The lowest BCUT2D eigenvalue weighted by Gasteiger charge is -2.22. The molecule has 0 aliphatic rings. The molecule has 1 amide bonds. The van der Waals surface area contributed by atoms with Crippen molar-refractivity contribution >= 4 is 11.9 Å². The molecule has 0 fully saturated rings. The van der Waals surface area contributed by atoms with E-state index in [1.165, 1.54) is 199 Å². The first-order valence-electron chi connectivity index (χ1n) is 25.9. The van der Waals surface area contributed by atoms with Gasteiger partial charge >= 0.3 is 5.97 Å².